The average molecular weight is 212 g/mol. The highest BCUT2D eigenvalue weighted by molar-refractivity contribution is 7.95. The Morgan fingerprint density at radius 3 is 2.21 bits per heavy atom. The van der Waals surface area contributed by atoms with E-state index in [4.69, 9.17) is 4.55 Å². The van der Waals surface area contributed by atoms with E-state index in [9.17, 15) is 13.2 Å². The summed E-state index contributed by atoms with van der Waals surface area (Å²) in [6, 6.07) is 7.90. The van der Waals surface area contributed by atoms with E-state index in [1.165, 1.54) is 12.1 Å². The molecule has 14 heavy (non-hydrogen) atoms. The highest BCUT2D eigenvalue weighted by Crippen LogP contribution is 2.18. The lowest BCUT2D eigenvalue weighted by Crippen LogP contribution is -2.01. The summed E-state index contributed by atoms with van der Waals surface area (Å²) in [5.41, 5.74) is 0.280. The summed E-state index contributed by atoms with van der Waals surface area (Å²) in [5, 5.41) is 0. The minimum atomic E-state index is -4.35. The molecule has 0 bridgehead atoms. The molecule has 0 aliphatic rings. The van der Waals surface area contributed by atoms with Crippen molar-refractivity contribution in [1.82, 2.24) is 0 Å². The highest BCUT2D eigenvalue weighted by atomic mass is 32.2. The van der Waals surface area contributed by atoms with Gasteiger partial charge < -0.3 is 0 Å². The third kappa shape index (κ3) is 2.51. The van der Waals surface area contributed by atoms with Crippen molar-refractivity contribution in [3.8, 4) is 0 Å². The Kier molecular flexibility index (Phi) is 3.16. The molecule has 0 spiro atoms. The minimum Gasteiger partial charge on any atom is -0.299 e. The van der Waals surface area contributed by atoms with Crippen molar-refractivity contribution >= 4 is 21.3 Å². The van der Waals surface area contributed by atoms with Crippen LogP contribution in [0.1, 0.15) is 5.56 Å². The molecule has 0 fully saturated rings. The second kappa shape index (κ2) is 4.17. The summed E-state index contributed by atoms with van der Waals surface area (Å²) in [6.07, 6.45) is 1.13. The quantitative estimate of drug-likeness (QED) is 0.463. The molecular weight excluding hydrogens is 204 g/mol. The van der Waals surface area contributed by atoms with Crippen LogP contribution in [0, 0.1) is 0 Å². The molecule has 1 rings (SSSR count). The molecule has 0 atom stereocenters. The number of hydrogen-bond donors (Lipinski definition) is 1. The van der Waals surface area contributed by atoms with Crippen LogP contribution < -0.4 is 0 Å². The van der Waals surface area contributed by atoms with Gasteiger partial charge in [0, 0.05) is 0 Å². The predicted octanol–water partition coefficient (Wildman–Crippen LogP) is 1.11. The molecule has 4 nitrogen and oxygen atoms in total. The van der Waals surface area contributed by atoms with Gasteiger partial charge in [-0.05, 0) is 11.6 Å². The van der Waals surface area contributed by atoms with Crippen LogP contribution in [-0.4, -0.2) is 19.3 Å². The Morgan fingerprint density at radius 2 is 1.79 bits per heavy atom. The van der Waals surface area contributed by atoms with Gasteiger partial charge in [0.2, 0.25) is 0 Å². The van der Waals surface area contributed by atoms with Gasteiger partial charge in [0.1, 0.15) is 11.2 Å². The second-order valence-corrected chi connectivity index (χ2v) is 3.90. The summed E-state index contributed by atoms with van der Waals surface area (Å²) in [4.78, 5) is 9.79. The summed E-state index contributed by atoms with van der Waals surface area (Å²) in [6.45, 7) is 0. The Bertz CT molecular complexity index is 445. The first-order chi connectivity index (χ1) is 6.55. The summed E-state index contributed by atoms with van der Waals surface area (Å²) >= 11 is 0. The van der Waals surface area contributed by atoms with Gasteiger partial charge in [-0.2, -0.15) is 8.42 Å². The Balaban J connectivity index is 3.29. The van der Waals surface area contributed by atoms with Crippen LogP contribution in [0.3, 0.4) is 0 Å². The van der Waals surface area contributed by atoms with Crippen molar-refractivity contribution in [3.63, 3.8) is 0 Å². The van der Waals surface area contributed by atoms with Crippen LogP contribution in [0.15, 0.2) is 36.4 Å². The number of hydrogen-bond acceptors (Lipinski definition) is 3. The van der Waals surface area contributed by atoms with Gasteiger partial charge in [0.15, 0.2) is 0 Å². The van der Waals surface area contributed by atoms with Crippen LogP contribution in [0.5, 0.6) is 0 Å². The lowest BCUT2D eigenvalue weighted by molar-refractivity contribution is -0.104. The number of benzene rings is 1. The lowest BCUT2D eigenvalue weighted by atomic mass is 10.2. The van der Waals surface area contributed by atoms with E-state index in [1.54, 1.807) is 18.2 Å². The molecule has 5 heteroatoms. The second-order valence-electron chi connectivity index (χ2n) is 2.51. The fraction of sp³-hybridized carbons (Fsp3) is 0. The van der Waals surface area contributed by atoms with Gasteiger partial charge in [-0.25, -0.2) is 0 Å². The monoisotopic (exact) mass is 212 g/mol. The van der Waals surface area contributed by atoms with Crippen molar-refractivity contribution in [2.75, 3.05) is 0 Å². The van der Waals surface area contributed by atoms with Gasteiger partial charge >= 0.3 is 0 Å². The highest BCUT2D eigenvalue weighted by Gasteiger charge is 2.14. The van der Waals surface area contributed by atoms with Crippen LogP contribution in [0.2, 0.25) is 0 Å². The standard InChI is InChI=1S/C9H8O4S/c10-7-6-9(14(11,12)13)8-4-2-1-3-5-8/h1-7H,(H,11,12,13)/b9-6-. The molecule has 0 radical (unpaired) electrons. The molecule has 1 aromatic rings. The first-order valence-electron chi connectivity index (χ1n) is 3.74. The van der Waals surface area contributed by atoms with E-state index >= 15 is 0 Å². The number of rotatable bonds is 3. The summed E-state index contributed by atoms with van der Waals surface area (Å²) in [5.74, 6) is 0. The molecular formula is C9H8O4S. The van der Waals surface area contributed by atoms with Crippen molar-refractivity contribution < 1.29 is 17.8 Å². The molecule has 0 aliphatic carbocycles. The smallest absolute Gasteiger partial charge is 0.295 e. The maximum atomic E-state index is 10.9. The van der Waals surface area contributed by atoms with Crippen LogP contribution in [-0.2, 0) is 14.9 Å². The molecule has 0 saturated carbocycles. The minimum absolute atomic E-state index is 0.280. The largest absolute Gasteiger partial charge is 0.299 e. The molecule has 0 amide bonds. The Morgan fingerprint density at radius 1 is 1.21 bits per heavy atom. The average Bonchev–Trinajstić information content (AvgIpc) is 2.14. The third-order valence-corrected chi connectivity index (χ3v) is 2.48. The molecule has 74 valence electrons. The zero-order valence-electron chi connectivity index (χ0n) is 7.12. The third-order valence-electron chi connectivity index (χ3n) is 1.56. The van der Waals surface area contributed by atoms with Crippen LogP contribution in [0.25, 0.3) is 4.91 Å². The van der Waals surface area contributed by atoms with Gasteiger partial charge in [0.05, 0.1) is 0 Å². The molecule has 1 aromatic carbocycles. The van der Waals surface area contributed by atoms with Crippen LogP contribution in [0.4, 0.5) is 0 Å². The summed E-state index contributed by atoms with van der Waals surface area (Å²) < 4.78 is 30.5. The van der Waals surface area contributed by atoms with Gasteiger partial charge in [-0.1, -0.05) is 30.3 Å². The fourth-order valence-electron chi connectivity index (χ4n) is 0.995. The number of carbonyl (C=O) groups excluding carboxylic acids is 1. The molecule has 0 unspecified atom stereocenters. The maximum absolute atomic E-state index is 10.9. The Hall–Kier alpha value is -1.46. The SMILES string of the molecule is O=C/C=C(/c1ccccc1)S(=O)(=O)O. The van der Waals surface area contributed by atoms with E-state index in [0.717, 1.165) is 6.08 Å². The van der Waals surface area contributed by atoms with E-state index in [-0.39, 0.29) is 5.56 Å². The maximum Gasteiger partial charge on any atom is 0.295 e. The van der Waals surface area contributed by atoms with Crippen molar-refractivity contribution in [2.45, 2.75) is 0 Å². The van der Waals surface area contributed by atoms with Gasteiger partial charge in [0.25, 0.3) is 10.1 Å². The van der Waals surface area contributed by atoms with Crippen molar-refractivity contribution in [2.24, 2.45) is 0 Å². The fourth-order valence-corrected chi connectivity index (χ4v) is 1.66. The van der Waals surface area contributed by atoms with E-state index in [0.29, 0.717) is 6.29 Å². The van der Waals surface area contributed by atoms with Crippen LogP contribution >= 0.6 is 0 Å². The predicted molar refractivity (Wildman–Crippen MR) is 52.0 cm³/mol. The topological polar surface area (TPSA) is 71.4 Å². The first kappa shape index (κ1) is 10.6. The Labute approximate surface area is 81.6 Å². The van der Waals surface area contributed by atoms with Gasteiger partial charge in [-0.3, -0.25) is 9.35 Å². The van der Waals surface area contributed by atoms with E-state index in [1.807, 2.05) is 0 Å². The van der Waals surface area contributed by atoms with Crippen molar-refractivity contribution in [3.05, 3.63) is 42.0 Å². The zero-order chi connectivity index (χ0) is 10.6. The summed E-state index contributed by atoms with van der Waals surface area (Å²) in [7, 11) is -4.35. The number of aldehydes is 1. The number of allylic oxidation sites excluding steroid dienone is 1. The number of carbonyl (C=O) groups is 1. The van der Waals surface area contributed by atoms with Crippen molar-refractivity contribution in [1.29, 1.82) is 0 Å². The normalized spacial score (nSPS) is 12.5. The molecule has 0 aliphatic heterocycles. The lowest BCUT2D eigenvalue weighted by Gasteiger charge is -2.01. The molecule has 1 N–H and O–H groups in total. The van der Waals surface area contributed by atoms with E-state index in [2.05, 4.69) is 0 Å². The molecule has 0 heterocycles. The first-order valence-corrected chi connectivity index (χ1v) is 5.18. The molecule has 0 saturated heterocycles. The zero-order valence-corrected chi connectivity index (χ0v) is 7.94. The van der Waals surface area contributed by atoms with E-state index < -0.39 is 15.0 Å². The van der Waals surface area contributed by atoms with Gasteiger partial charge in [-0.15, -0.1) is 0 Å². The molecule has 0 aromatic heterocycles.